The van der Waals surface area contributed by atoms with Crippen LogP contribution in [0.1, 0.15) is 0 Å². The predicted octanol–water partition coefficient (Wildman–Crippen LogP) is -1.00. The van der Waals surface area contributed by atoms with Crippen molar-refractivity contribution in [2.45, 2.75) is 0 Å². The minimum atomic E-state index is -0.205. The molecule has 1 unspecified atom stereocenters. The van der Waals surface area contributed by atoms with Gasteiger partial charge in [-0.2, -0.15) is 0 Å². The number of carbonyl (C=O) groups excluding carboxylic acids is 1. The van der Waals surface area contributed by atoms with E-state index >= 15 is 0 Å². The minimum Gasteiger partial charge on any atom is -0.465 e. The van der Waals surface area contributed by atoms with E-state index in [1.54, 1.807) is 24.5 Å². The summed E-state index contributed by atoms with van der Waals surface area (Å²) < 4.78 is 5.14. The molecule has 0 aromatic carbocycles. The fourth-order valence-electron chi connectivity index (χ4n) is 1.29. The second-order valence-electron chi connectivity index (χ2n) is 2.80. The normalized spacial score (nSPS) is 21.1. The van der Waals surface area contributed by atoms with E-state index in [0.29, 0.717) is 6.54 Å². The Morgan fingerprint density at radius 1 is 1.58 bits per heavy atom. The molecule has 0 amide bonds. The molecule has 1 aliphatic rings. The standard InChI is InChI=1S/C9H9NO2/c10-5-7-4-9-6(1-2-12-9)3-8(7)11/h1-4,7H,5,10H2. The Hall–Kier alpha value is -1.35. The summed E-state index contributed by atoms with van der Waals surface area (Å²) in [4.78, 5) is 11.3. The Kier molecular flexibility index (Phi) is 1.59. The third-order valence-corrected chi connectivity index (χ3v) is 2.00. The predicted molar refractivity (Wildman–Crippen MR) is 44.4 cm³/mol. The second-order valence-corrected chi connectivity index (χ2v) is 2.80. The maximum atomic E-state index is 11.3. The molecule has 1 atom stereocenters. The van der Waals surface area contributed by atoms with Crippen LogP contribution in [-0.4, -0.2) is 12.3 Å². The van der Waals surface area contributed by atoms with Gasteiger partial charge in [-0.15, -0.1) is 0 Å². The molecule has 1 aromatic heterocycles. The van der Waals surface area contributed by atoms with Crippen molar-refractivity contribution in [3.63, 3.8) is 0 Å². The summed E-state index contributed by atoms with van der Waals surface area (Å²) in [5, 5.41) is 0.852. The van der Waals surface area contributed by atoms with Crippen molar-refractivity contribution in [1.82, 2.24) is 0 Å². The fourth-order valence-corrected chi connectivity index (χ4v) is 1.29. The van der Waals surface area contributed by atoms with E-state index in [-0.39, 0.29) is 11.7 Å². The Morgan fingerprint density at radius 3 is 3.17 bits per heavy atom. The third kappa shape index (κ3) is 0.987. The number of ketones is 1. The number of Topliss-reactive ketones (excluding diaryl/α,β-unsaturated/α-hetero) is 1. The highest BCUT2D eigenvalue weighted by Gasteiger charge is 2.15. The van der Waals surface area contributed by atoms with Gasteiger partial charge in [-0.25, -0.2) is 0 Å². The molecule has 1 aromatic rings. The van der Waals surface area contributed by atoms with Gasteiger partial charge in [0.1, 0.15) is 5.42 Å². The van der Waals surface area contributed by atoms with Gasteiger partial charge in [0.15, 0.2) is 5.78 Å². The van der Waals surface area contributed by atoms with Gasteiger partial charge >= 0.3 is 0 Å². The van der Waals surface area contributed by atoms with Crippen LogP contribution in [0, 0.1) is 5.92 Å². The third-order valence-electron chi connectivity index (χ3n) is 2.00. The second kappa shape index (κ2) is 2.60. The quantitative estimate of drug-likeness (QED) is 0.577. The van der Waals surface area contributed by atoms with Crippen LogP contribution in [0.25, 0.3) is 12.2 Å². The first kappa shape index (κ1) is 7.31. The Bertz CT molecular complexity index is 416. The Balaban J connectivity index is 2.63. The van der Waals surface area contributed by atoms with Gasteiger partial charge in [0.2, 0.25) is 0 Å². The number of furan rings is 1. The minimum absolute atomic E-state index is 0.0615. The molecule has 0 bridgehead atoms. The molecule has 0 aliphatic heterocycles. The van der Waals surface area contributed by atoms with Gasteiger partial charge in [0.25, 0.3) is 0 Å². The number of nitrogens with two attached hydrogens (primary N) is 1. The summed E-state index contributed by atoms with van der Waals surface area (Å²) >= 11 is 0. The molecular formula is C9H9NO2. The van der Waals surface area contributed by atoms with Crippen molar-refractivity contribution in [2.75, 3.05) is 6.54 Å². The van der Waals surface area contributed by atoms with E-state index in [2.05, 4.69) is 0 Å². The molecule has 1 heterocycles. The molecule has 62 valence electrons. The van der Waals surface area contributed by atoms with E-state index in [1.807, 2.05) is 0 Å². The first-order chi connectivity index (χ1) is 5.81. The van der Waals surface area contributed by atoms with Crippen LogP contribution in [0.5, 0.6) is 0 Å². The van der Waals surface area contributed by atoms with E-state index in [4.69, 9.17) is 10.2 Å². The number of fused-ring (bicyclic) bond motifs is 1. The largest absolute Gasteiger partial charge is 0.465 e. The maximum Gasteiger partial charge on any atom is 0.164 e. The SMILES string of the molecule is NCC1C=c2occc2=CC1=O. The first-order valence-corrected chi connectivity index (χ1v) is 3.82. The number of hydrogen-bond donors (Lipinski definition) is 1. The van der Waals surface area contributed by atoms with E-state index < -0.39 is 0 Å². The summed E-state index contributed by atoms with van der Waals surface area (Å²) in [6.07, 6.45) is 4.93. The highest BCUT2D eigenvalue weighted by molar-refractivity contribution is 6.10. The highest BCUT2D eigenvalue weighted by Crippen LogP contribution is 2.01. The smallest absolute Gasteiger partial charge is 0.164 e. The summed E-state index contributed by atoms with van der Waals surface area (Å²) in [6.45, 7) is 0.343. The van der Waals surface area contributed by atoms with Crippen molar-refractivity contribution in [2.24, 2.45) is 11.7 Å². The molecule has 3 nitrogen and oxygen atoms in total. The zero-order chi connectivity index (χ0) is 8.55. The van der Waals surface area contributed by atoms with Crippen LogP contribution in [0.2, 0.25) is 0 Å². The Labute approximate surface area is 69.2 Å². The molecule has 0 fully saturated rings. The van der Waals surface area contributed by atoms with Gasteiger partial charge in [-0.1, -0.05) is 0 Å². The maximum absolute atomic E-state index is 11.3. The van der Waals surface area contributed by atoms with Crippen LogP contribution < -0.4 is 16.4 Å². The summed E-state index contributed by atoms with van der Waals surface area (Å²) in [7, 11) is 0. The Morgan fingerprint density at radius 2 is 2.42 bits per heavy atom. The molecule has 2 N–H and O–H groups in total. The monoisotopic (exact) mass is 163 g/mol. The molecular weight excluding hydrogens is 154 g/mol. The van der Waals surface area contributed by atoms with E-state index in [1.165, 1.54) is 0 Å². The molecule has 1 aliphatic carbocycles. The van der Waals surface area contributed by atoms with Crippen molar-refractivity contribution >= 4 is 17.9 Å². The van der Waals surface area contributed by atoms with E-state index in [9.17, 15) is 4.79 Å². The molecule has 0 saturated carbocycles. The summed E-state index contributed by atoms with van der Waals surface area (Å²) in [5.74, 6) is -0.143. The lowest BCUT2D eigenvalue weighted by molar-refractivity contribution is -0.115. The fraction of sp³-hybridized carbons (Fsp3) is 0.222. The number of rotatable bonds is 1. The summed E-state index contributed by atoms with van der Waals surface area (Å²) in [6, 6.07) is 1.77. The van der Waals surface area contributed by atoms with Gasteiger partial charge in [0.05, 0.1) is 12.2 Å². The van der Waals surface area contributed by atoms with E-state index in [0.717, 1.165) is 10.6 Å². The topological polar surface area (TPSA) is 56.2 Å². The van der Waals surface area contributed by atoms with Gasteiger partial charge < -0.3 is 10.2 Å². The molecule has 12 heavy (non-hydrogen) atoms. The van der Waals surface area contributed by atoms with Crippen LogP contribution >= 0.6 is 0 Å². The van der Waals surface area contributed by atoms with Gasteiger partial charge in [-0.3, -0.25) is 4.79 Å². The molecule has 2 rings (SSSR count). The van der Waals surface area contributed by atoms with Gasteiger partial charge in [-0.05, 0) is 18.2 Å². The van der Waals surface area contributed by atoms with Crippen LogP contribution in [-0.2, 0) is 4.79 Å². The molecule has 0 saturated heterocycles. The van der Waals surface area contributed by atoms with Crippen molar-refractivity contribution < 1.29 is 9.21 Å². The number of carbonyl (C=O) groups is 1. The van der Waals surface area contributed by atoms with Crippen molar-refractivity contribution in [1.29, 1.82) is 0 Å². The van der Waals surface area contributed by atoms with Crippen LogP contribution in [0.15, 0.2) is 16.7 Å². The molecule has 0 radical (unpaired) electrons. The number of hydrogen-bond acceptors (Lipinski definition) is 3. The van der Waals surface area contributed by atoms with Crippen LogP contribution in [0.3, 0.4) is 0 Å². The molecule has 3 heteroatoms. The van der Waals surface area contributed by atoms with Gasteiger partial charge in [0, 0.05) is 11.8 Å². The molecule has 0 spiro atoms. The van der Waals surface area contributed by atoms with Crippen molar-refractivity contribution in [3.05, 3.63) is 23.0 Å². The van der Waals surface area contributed by atoms with Crippen molar-refractivity contribution in [3.8, 4) is 0 Å². The zero-order valence-electron chi connectivity index (χ0n) is 6.49. The summed E-state index contributed by atoms with van der Waals surface area (Å²) in [5.41, 5.74) is 6.16. The lowest BCUT2D eigenvalue weighted by Gasteiger charge is -2.06. The van der Waals surface area contributed by atoms with Crippen LogP contribution in [0.4, 0.5) is 0 Å². The average Bonchev–Trinajstić information content (AvgIpc) is 2.49. The lowest BCUT2D eigenvalue weighted by atomic mass is 9.99. The lowest BCUT2D eigenvalue weighted by Crippen LogP contribution is -2.33. The average molecular weight is 163 g/mol. The zero-order valence-corrected chi connectivity index (χ0v) is 6.49. The first-order valence-electron chi connectivity index (χ1n) is 3.82. The highest BCUT2D eigenvalue weighted by atomic mass is 16.3.